The van der Waals surface area contributed by atoms with Crippen LogP contribution in [0.4, 0.5) is 0 Å². The number of hydrogen-bond acceptors (Lipinski definition) is 6. The molecule has 1 saturated carbocycles. The van der Waals surface area contributed by atoms with Crippen molar-refractivity contribution in [3.8, 4) is 0 Å². The molecule has 0 N–H and O–H groups in total. The number of nitrogens with zero attached hydrogens (tertiary/aromatic N) is 1. The summed E-state index contributed by atoms with van der Waals surface area (Å²) in [5.74, 6) is -0.730. The Kier molecular flexibility index (Phi) is 5.11. The van der Waals surface area contributed by atoms with Crippen molar-refractivity contribution in [3.63, 3.8) is 0 Å². The molecule has 0 atom stereocenters. The van der Waals surface area contributed by atoms with Crippen LogP contribution in [0.15, 0.2) is 0 Å². The van der Waals surface area contributed by atoms with Gasteiger partial charge >= 0.3 is 5.97 Å². The van der Waals surface area contributed by atoms with Crippen molar-refractivity contribution in [2.75, 3.05) is 13.7 Å². The molecular weight excluding hydrogens is 290 g/mol. The first-order valence-electron chi connectivity index (χ1n) is 7.28. The molecule has 6 heteroatoms. The summed E-state index contributed by atoms with van der Waals surface area (Å²) < 4.78 is 10.7. The third kappa shape index (κ3) is 3.16. The number of carbonyl (C=O) groups excluding carboxylic acids is 2. The van der Waals surface area contributed by atoms with E-state index in [0.717, 1.165) is 30.7 Å². The van der Waals surface area contributed by atoms with Crippen LogP contribution in [0.5, 0.6) is 0 Å². The standard InChI is InChI=1S/C15H21NO4S/c1-4-20-15(8-6-5-7-9-15)14-16-11(13(18)19-3)12(21-14)10(2)17/h4-9H2,1-3H3. The number of thiazole rings is 1. The highest BCUT2D eigenvalue weighted by molar-refractivity contribution is 7.14. The Morgan fingerprint density at radius 2 is 1.95 bits per heavy atom. The maximum Gasteiger partial charge on any atom is 0.358 e. The van der Waals surface area contributed by atoms with Gasteiger partial charge in [0.2, 0.25) is 0 Å². The van der Waals surface area contributed by atoms with Crippen LogP contribution in [0.1, 0.15) is 71.1 Å². The van der Waals surface area contributed by atoms with Gasteiger partial charge in [-0.05, 0) is 19.8 Å². The molecule has 0 saturated heterocycles. The van der Waals surface area contributed by atoms with Gasteiger partial charge in [0.15, 0.2) is 11.5 Å². The Hall–Kier alpha value is -1.27. The maximum atomic E-state index is 11.8. The van der Waals surface area contributed by atoms with Gasteiger partial charge in [0, 0.05) is 13.5 Å². The Balaban J connectivity index is 2.46. The van der Waals surface area contributed by atoms with Crippen molar-refractivity contribution in [2.45, 2.75) is 51.6 Å². The molecule has 21 heavy (non-hydrogen) atoms. The lowest BCUT2D eigenvalue weighted by Gasteiger charge is -2.35. The average Bonchev–Trinajstić information content (AvgIpc) is 2.94. The van der Waals surface area contributed by atoms with E-state index >= 15 is 0 Å². The van der Waals surface area contributed by atoms with E-state index in [9.17, 15) is 9.59 Å². The molecule has 0 aliphatic heterocycles. The van der Waals surface area contributed by atoms with E-state index in [0.29, 0.717) is 11.5 Å². The second kappa shape index (κ2) is 6.66. The molecule has 0 amide bonds. The molecule has 2 rings (SSSR count). The average molecular weight is 311 g/mol. The molecule has 0 radical (unpaired) electrons. The second-order valence-corrected chi connectivity index (χ2v) is 6.23. The van der Waals surface area contributed by atoms with Crippen LogP contribution in [0.25, 0.3) is 0 Å². The Bertz CT molecular complexity index is 526. The van der Waals surface area contributed by atoms with Crippen LogP contribution in [-0.4, -0.2) is 30.5 Å². The predicted molar refractivity (Wildman–Crippen MR) is 79.8 cm³/mol. The van der Waals surface area contributed by atoms with E-state index in [2.05, 4.69) is 4.98 Å². The van der Waals surface area contributed by atoms with Gasteiger partial charge in [-0.3, -0.25) is 4.79 Å². The van der Waals surface area contributed by atoms with E-state index in [1.807, 2.05) is 6.92 Å². The molecule has 1 aromatic rings. The van der Waals surface area contributed by atoms with Crippen molar-refractivity contribution < 1.29 is 19.1 Å². The van der Waals surface area contributed by atoms with Gasteiger partial charge in [0.1, 0.15) is 15.5 Å². The summed E-state index contributed by atoms with van der Waals surface area (Å²) in [4.78, 5) is 28.4. The highest BCUT2D eigenvalue weighted by Crippen LogP contribution is 2.43. The van der Waals surface area contributed by atoms with Crippen LogP contribution in [0.3, 0.4) is 0 Å². The molecule has 1 fully saturated rings. The van der Waals surface area contributed by atoms with Gasteiger partial charge < -0.3 is 9.47 Å². The molecule has 116 valence electrons. The quantitative estimate of drug-likeness (QED) is 0.616. The summed E-state index contributed by atoms with van der Waals surface area (Å²) in [6.45, 7) is 3.98. The lowest BCUT2D eigenvalue weighted by Crippen LogP contribution is -2.32. The Morgan fingerprint density at radius 1 is 1.29 bits per heavy atom. The van der Waals surface area contributed by atoms with Gasteiger partial charge in [-0.1, -0.05) is 19.3 Å². The van der Waals surface area contributed by atoms with Gasteiger partial charge in [-0.25, -0.2) is 9.78 Å². The van der Waals surface area contributed by atoms with Crippen LogP contribution in [0.2, 0.25) is 0 Å². The summed E-state index contributed by atoms with van der Waals surface area (Å²) in [5, 5.41) is 0.731. The topological polar surface area (TPSA) is 65.5 Å². The highest BCUT2D eigenvalue weighted by atomic mass is 32.1. The second-order valence-electron chi connectivity index (χ2n) is 5.23. The monoisotopic (exact) mass is 311 g/mol. The van der Waals surface area contributed by atoms with Crippen LogP contribution >= 0.6 is 11.3 Å². The smallest absolute Gasteiger partial charge is 0.358 e. The molecule has 0 bridgehead atoms. The molecule has 1 aliphatic carbocycles. The zero-order valence-electron chi connectivity index (χ0n) is 12.7. The number of aromatic nitrogens is 1. The van der Waals surface area contributed by atoms with Crippen molar-refractivity contribution in [1.82, 2.24) is 4.98 Å². The molecule has 5 nitrogen and oxygen atoms in total. The zero-order chi connectivity index (χ0) is 15.5. The summed E-state index contributed by atoms with van der Waals surface area (Å²) in [7, 11) is 1.30. The molecule has 0 aromatic carbocycles. The van der Waals surface area contributed by atoms with E-state index in [1.165, 1.54) is 31.8 Å². The summed E-state index contributed by atoms with van der Waals surface area (Å²) in [6, 6.07) is 0. The fourth-order valence-corrected chi connectivity index (χ4v) is 3.96. The first-order chi connectivity index (χ1) is 10.0. The summed E-state index contributed by atoms with van der Waals surface area (Å²) in [5.41, 5.74) is -0.330. The fourth-order valence-electron chi connectivity index (χ4n) is 2.81. The third-order valence-electron chi connectivity index (χ3n) is 3.80. The molecule has 1 aliphatic rings. The molecule has 1 heterocycles. The Morgan fingerprint density at radius 3 is 2.48 bits per heavy atom. The van der Waals surface area contributed by atoms with Crippen molar-refractivity contribution in [3.05, 3.63) is 15.6 Å². The van der Waals surface area contributed by atoms with Crippen LogP contribution in [0, 0.1) is 0 Å². The van der Waals surface area contributed by atoms with E-state index in [1.54, 1.807) is 0 Å². The molecule has 0 unspecified atom stereocenters. The first kappa shape index (κ1) is 16.1. The maximum absolute atomic E-state index is 11.8. The van der Waals surface area contributed by atoms with Crippen LogP contribution in [-0.2, 0) is 15.1 Å². The lowest BCUT2D eigenvalue weighted by molar-refractivity contribution is -0.0705. The zero-order valence-corrected chi connectivity index (χ0v) is 13.5. The van der Waals surface area contributed by atoms with Crippen molar-refractivity contribution in [2.24, 2.45) is 0 Å². The fraction of sp³-hybridized carbons (Fsp3) is 0.667. The summed E-state index contributed by atoms with van der Waals surface area (Å²) >= 11 is 1.27. The van der Waals surface area contributed by atoms with E-state index < -0.39 is 11.6 Å². The van der Waals surface area contributed by atoms with E-state index in [4.69, 9.17) is 9.47 Å². The van der Waals surface area contributed by atoms with Gasteiger partial charge in [0.05, 0.1) is 7.11 Å². The van der Waals surface area contributed by atoms with Gasteiger partial charge in [-0.15, -0.1) is 11.3 Å². The number of rotatable bonds is 5. The molecule has 0 spiro atoms. The van der Waals surface area contributed by atoms with Crippen molar-refractivity contribution >= 4 is 23.1 Å². The normalized spacial score (nSPS) is 17.5. The number of carbonyl (C=O) groups is 2. The molecular formula is C15H21NO4S. The number of methoxy groups -OCH3 is 1. The van der Waals surface area contributed by atoms with Crippen LogP contribution < -0.4 is 0 Å². The molecule has 1 aromatic heterocycles. The van der Waals surface area contributed by atoms with Crippen molar-refractivity contribution in [1.29, 1.82) is 0 Å². The number of esters is 1. The number of ether oxygens (including phenoxy) is 2. The van der Waals surface area contributed by atoms with Gasteiger partial charge in [-0.2, -0.15) is 0 Å². The number of hydrogen-bond donors (Lipinski definition) is 0. The van der Waals surface area contributed by atoms with E-state index in [-0.39, 0.29) is 11.5 Å². The number of ketones is 1. The Labute approximate surface area is 128 Å². The predicted octanol–water partition coefficient (Wildman–Crippen LogP) is 3.33. The largest absolute Gasteiger partial charge is 0.464 e. The highest BCUT2D eigenvalue weighted by Gasteiger charge is 2.39. The van der Waals surface area contributed by atoms with Gasteiger partial charge in [0.25, 0.3) is 0 Å². The minimum atomic E-state index is -0.565. The first-order valence-corrected chi connectivity index (χ1v) is 8.10. The summed E-state index contributed by atoms with van der Waals surface area (Å²) in [6.07, 6.45) is 5.09. The SMILES string of the molecule is CCOC1(c2nc(C(=O)OC)c(C(C)=O)s2)CCCCC1. The minimum Gasteiger partial charge on any atom is -0.464 e. The lowest BCUT2D eigenvalue weighted by atomic mass is 9.85. The minimum absolute atomic E-state index is 0.120. The third-order valence-corrected chi connectivity index (χ3v) is 5.14. The number of Topliss-reactive ketones (excluding diaryl/α,β-unsaturated/α-hetero) is 1.